The Labute approximate surface area is 137 Å². The van der Waals surface area contributed by atoms with Crippen molar-refractivity contribution in [2.75, 3.05) is 10.6 Å². The first-order chi connectivity index (χ1) is 11.7. The Morgan fingerprint density at radius 3 is 2.38 bits per heavy atom. The second kappa shape index (κ2) is 6.58. The monoisotopic (exact) mass is 316 g/mol. The number of carbonyl (C=O) groups is 2. The lowest BCUT2D eigenvalue weighted by molar-refractivity contribution is -0.132. The van der Waals surface area contributed by atoms with Crippen LogP contribution >= 0.6 is 0 Å². The standard InChI is InChI=1S/C18H12N4O2/c19-11-12-6-8-14(9-7-12)21-17(23)18(24)22-15-5-1-3-13-4-2-10-20-16(13)15/h1-10H,(H,21,23)(H,22,24). The Kier molecular flexibility index (Phi) is 4.17. The Bertz CT molecular complexity index is 953. The van der Waals surface area contributed by atoms with E-state index in [0.717, 1.165) is 5.39 Å². The fourth-order valence-corrected chi connectivity index (χ4v) is 2.20. The summed E-state index contributed by atoms with van der Waals surface area (Å²) in [4.78, 5) is 28.3. The fraction of sp³-hybridized carbons (Fsp3) is 0. The third-order valence-electron chi connectivity index (χ3n) is 3.36. The van der Waals surface area contributed by atoms with Crippen molar-refractivity contribution in [2.45, 2.75) is 0 Å². The molecule has 1 aromatic heterocycles. The minimum atomic E-state index is -0.798. The number of nitriles is 1. The van der Waals surface area contributed by atoms with Crippen LogP contribution in [0.2, 0.25) is 0 Å². The molecule has 6 heteroatoms. The maximum Gasteiger partial charge on any atom is 0.314 e. The summed E-state index contributed by atoms with van der Waals surface area (Å²) in [5, 5.41) is 14.6. The van der Waals surface area contributed by atoms with Gasteiger partial charge in [0.15, 0.2) is 0 Å². The molecule has 0 aliphatic rings. The first kappa shape index (κ1) is 15.2. The lowest BCUT2D eigenvalue weighted by atomic mass is 10.2. The molecule has 116 valence electrons. The summed E-state index contributed by atoms with van der Waals surface area (Å²) in [6.07, 6.45) is 1.62. The molecule has 0 saturated heterocycles. The number of hydrogen-bond donors (Lipinski definition) is 2. The van der Waals surface area contributed by atoms with E-state index in [1.54, 1.807) is 48.7 Å². The number of nitrogens with zero attached hydrogens (tertiary/aromatic N) is 2. The molecular weight excluding hydrogens is 304 g/mol. The maximum atomic E-state index is 12.1. The minimum absolute atomic E-state index is 0.435. The van der Waals surface area contributed by atoms with Crippen LogP contribution < -0.4 is 10.6 Å². The molecule has 0 unspecified atom stereocenters. The SMILES string of the molecule is N#Cc1ccc(NC(=O)C(=O)Nc2cccc3cccnc23)cc1. The minimum Gasteiger partial charge on any atom is -0.318 e. The summed E-state index contributed by atoms with van der Waals surface area (Å²) in [5.74, 6) is -1.59. The van der Waals surface area contributed by atoms with Gasteiger partial charge < -0.3 is 10.6 Å². The van der Waals surface area contributed by atoms with Gasteiger partial charge in [-0.1, -0.05) is 18.2 Å². The van der Waals surface area contributed by atoms with Gasteiger partial charge in [-0.25, -0.2) is 0 Å². The van der Waals surface area contributed by atoms with Crippen molar-refractivity contribution in [3.63, 3.8) is 0 Å². The number of pyridine rings is 1. The second-order valence-corrected chi connectivity index (χ2v) is 4.98. The number of carbonyl (C=O) groups excluding carboxylic acids is 2. The lowest BCUT2D eigenvalue weighted by Gasteiger charge is -2.08. The number of fused-ring (bicyclic) bond motifs is 1. The fourth-order valence-electron chi connectivity index (χ4n) is 2.20. The Morgan fingerprint density at radius 1 is 0.917 bits per heavy atom. The van der Waals surface area contributed by atoms with Crippen molar-refractivity contribution in [3.8, 4) is 6.07 Å². The molecule has 0 radical (unpaired) electrons. The summed E-state index contributed by atoms with van der Waals surface area (Å²) >= 11 is 0. The van der Waals surface area contributed by atoms with E-state index in [1.807, 2.05) is 18.2 Å². The van der Waals surface area contributed by atoms with Gasteiger partial charge >= 0.3 is 11.8 Å². The summed E-state index contributed by atoms with van der Waals surface area (Å²) in [5.41, 5.74) is 1.98. The molecule has 2 amide bonds. The van der Waals surface area contributed by atoms with Crippen LogP contribution in [0.15, 0.2) is 60.8 Å². The Balaban J connectivity index is 1.74. The lowest BCUT2D eigenvalue weighted by Crippen LogP contribution is -2.29. The van der Waals surface area contributed by atoms with Crippen LogP contribution in [0.3, 0.4) is 0 Å². The van der Waals surface area contributed by atoms with Gasteiger partial charge in [0, 0.05) is 17.3 Å². The predicted octanol–water partition coefficient (Wildman–Crippen LogP) is 2.68. The van der Waals surface area contributed by atoms with Crippen molar-refractivity contribution < 1.29 is 9.59 Å². The average molecular weight is 316 g/mol. The van der Waals surface area contributed by atoms with Gasteiger partial charge in [-0.15, -0.1) is 0 Å². The van der Waals surface area contributed by atoms with E-state index in [2.05, 4.69) is 15.6 Å². The van der Waals surface area contributed by atoms with Crippen LogP contribution in [0.5, 0.6) is 0 Å². The van der Waals surface area contributed by atoms with Crippen LogP contribution in [0.25, 0.3) is 10.9 Å². The smallest absolute Gasteiger partial charge is 0.314 e. The van der Waals surface area contributed by atoms with E-state index >= 15 is 0 Å². The van der Waals surface area contributed by atoms with Gasteiger partial charge in [-0.2, -0.15) is 5.26 Å². The number of benzene rings is 2. The summed E-state index contributed by atoms with van der Waals surface area (Å²) in [6, 6.07) is 17.2. The zero-order chi connectivity index (χ0) is 16.9. The van der Waals surface area contributed by atoms with Crippen molar-refractivity contribution in [1.82, 2.24) is 4.98 Å². The summed E-state index contributed by atoms with van der Waals surface area (Å²) < 4.78 is 0. The molecule has 0 spiro atoms. The molecular formula is C18H12N4O2. The molecule has 0 aliphatic carbocycles. The molecule has 0 fully saturated rings. The van der Waals surface area contributed by atoms with Crippen LogP contribution in [0, 0.1) is 11.3 Å². The quantitative estimate of drug-likeness (QED) is 0.711. The molecule has 24 heavy (non-hydrogen) atoms. The number of rotatable bonds is 2. The number of hydrogen-bond acceptors (Lipinski definition) is 4. The first-order valence-electron chi connectivity index (χ1n) is 7.13. The Hall–Kier alpha value is -3.72. The zero-order valence-corrected chi connectivity index (χ0v) is 12.5. The van der Waals surface area contributed by atoms with Crippen LogP contribution in [-0.2, 0) is 9.59 Å². The van der Waals surface area contributed by atoms with E-state index in [1.165, 1.54) is 0 Å². The highest BCUT2D eigenvalue weighted by Crippen LogP contribution is 2.20. The third kappa shape index (κ3) is 3.20. The topological polar surface area (TPSA) is 94.9 Å². The van der Waals surface area contributed by atoms with Crippen LogP contribution in [0.4, 0.5) is 11.4 Å². The first-order valence-corrected chi connectivity index (χ1v) is 7.13. The Morgan fingerprint density at radius 2 is 1.62 bits per heavy atom. The van der Waals surface area contributed by atoms with Gasteiger partial charge in [0.2, 0.25) is 0 Å². The van der Waals surface area contributed by atoms with E-state index in [-0.39, 0.29) is 0 Å². The number of nitrogens with one attached hydrogen (secondary N) is 2. The van der Waals surface area contributed by atoms with Gasteiger partial charge in [0.25, 0.3) is 0 Å². The molecule has 2 N–H and O–H groups in total. The van der Waals surface area contributed by atoms with Gasteiger partial charge in [-0.05, 0) is 36.4 Å². The van der Waals surface area contributed by atoms with E-state index in [0.29, 0.717) is 22.5 Å². The van der Waals surface area contributed by atoms with Gasteiger partial charge in [-0.3, -0.25) is 14.6 Å². The normalized spacial score (nSPS) is 9.96. The van der Waals surface area contributed by atoms with Crippen molar-refractivity contribution >= 4 is 34.1 Å². The van der Waals surface area contributed by atoms with Gasteiger partial charge in [0.05, 0.1) is 22.8 Å². The number of aromatic nitrogens is 1. The molecule has 3 rings (SSSR count). The molecule has 6 nitrogen and oxygen atoms in total. The summed E-state index contributed by atoms with van der Waals surface area (Å²) in [7, 11) is 0. The summed E-state index contributed by atoms with van der Waals surface area (Å²) in [6.45, 7) is 0. The number of amides is 2. The number of para-hydroxylation sites is 1. The third-order valence-corrected chi connectivity index (χ3v) is 3.36. The molecule has 3 aromatic rings. The highest BCUT2D eigenvalue weighted by molar-refractivity contribution is 6.44. The zero-order valence-electron chi connectivity index (χ0n) is 12.5. The molecule has 0 bridgehead atoms. The average Bonchev–Trinajstić information content (AvgIpc) is 2.62. The maximum absolute atomic E-state index is 12.1. The molecule has 0 saturated carbocycles. The number of anilines is 2. The van der Waals surface area contributed by atoms with Crippen molar-refractivity contribution in [1.29, 1.82) is 5.26 Å². The highest BCUT2D eigenvalue weighted by Gasteiger charge is 2.15. The second-order valence-electron chi connectivity index (χ2n) is 4.98. The molecule has 2 aromatic carbocycles. The molecule has 0 atom stereocenters. The van der Waals surface area contributed by atoms with E-state index in [4.69, 9.17) is 5.26 Å². The van der Waals surface area contributed by atoms with E-state index in [9.17, 15) is 9.59 Å². The van der Waals surface area contributed by atoms with Crippen LogP contribution in [0.1, 0.15) is 5.56 Å². The molecule has 0 aliphatic heterocycles. The predicted molar refractivity (Wildman–Crippen MR) is 90.2 cm³/mol. The van der Waals surface area contributed by atoms with Gasteiger partial charge in [0.1, 0.15) is 0 Å². The van der Waals surface area contributed by atoms with Crippen LogP contribution in [-0.4, -0.2) is 16.8 Å². The van der Waals surface area contributed by atoms with Crippen molar-refractivity contribution in [2.24, 2.45) is 0 Å². The molecule has 1 heterocycles. The largest absolute Gasteiger partial charge is 0.318 e. The van der Waals surface area contributed by atoms with Crippen molar-refractivity contribution in [3.05, 3.63) is 66.4 Å². The van der Waals surface area contributed by atoms with E-state index < -0.39 is 11.8 Å². The highest BCUT2D eigenvalue weighted by atomic mass is 16.2.